The molecule has 2 rings (SSSR count). The summed E-state index contributed by atoms with van der Waals surface area (Å²) in [5.41, 5.74) is 3.82. The summed E-state index contributed by atoms with van der Waals surface area (Å²) in [7, 11) is 3.57. The van der Waals surface area contributed by atoms with Crippen LogP contribution < -0.4 is 5.32 Å². The smallest absolute Gasteiger partial charge is 0.322 e. The summed E-state index contributed by atoms with van der Waals surface area (Å²) in [6.07, 6.45) is 2.72. The van der Waals surface area contributed by atoms with Gasteiger partial charge in [0.15, 0.2) is 0 Å². The SMILES string of the molecule is CCCN(CC(=O)N(CCOC)Cc1cccn1C)C(=O)Nc1c(C)cccc1C. The minimum Gasteiger partial charge on any atom is -0.383 e. The Kier molecular flexibility index (Phi) is 8.92. The number of amides is 3. The zero-order chi connectivity index (χ0) is 22.1. The van der Waals surface area contributed by atoms with E-state index in [1.807, 2.05) is 68.9 Å². The van der Waals surface area contributed by atoms with Crippen molar-refractivity contribution in [1.29, 1.82) is 0 Å². The summed E-state index contributed by atoms with van der Waals surface area (Å²) >= 11 is 0. The zero-order valence-electron chi connectivity index (χ0n) is 18.8. The lowest BCUT2D eigenvalue weighted by Gasteiger charge is -2.28. The largest absolute Gasteiger partial charge is 0.383 e. The van der Waals surface area contributed by atoms with Crippen LogP contribution in [-0.2, 0) is 23.1 Å². The molecule has 7 heteroatoms. The standard InChI is InChI=1S/C23H34N4O3/c1-6-12-27(23(29)24-22-18(2)9-7-10-19(22)3)17-21(28)26(14-15-30-5)16-20-11-8-13-25(20)4/h7-11,13H,6,12,14-17H2,1-5H3,(H,24,29). The Labute approximate surface area is 179 Å². The first-order valence-corrected chi connectivity index (χ1v) is 10.4. The van der Waals surface area contributed by atoms with E-state index in [1.165, 1.54) is 0 Å². The van der Waals surface area contributed by atoms with Crippen LogP contribution >= 0.6 is 0 Å². The monoisotopic (exact) mass is 414 g/mol. The molecule has 1 heterocycles. The predicted octanol–water partition coefficient (Wildman–Crippen LogP) is 3.56. The van der Waals surface area contributed by atoms with Crippen molar-refractivity contribution in [2.24, 2.45) is 7.05 Å². The number of methoxy groups -OCH3 is 1. The molecule has 0 saturated carbocycles. The topological polar surface area (TPSA) is 66.8 Å². The van der Waals surface area contributed by atoms with Crippen LogP contribution in [0.2, 0.25) is 0 Å². The van der Waals surface area contributed by atoms with Gasteiger partial charge in [0, 0.05) is 44.8 Å². The molecule has 1 aromatic heterocycles. The number of para-hydroxylation sites is 1. The number of nitrogens with zero attached hydrogens (tertiary/aromatic N) is 3. The normalized spacial score (nSPS) is 10.7. The van der Waals surface area contributed by atoms with Gasteiger partial charge in [0.05, 0.1) is 13.2 Å². The minimum atomic E-state index is -0.256. The average molecular weight is 415 g/mol. The van der Waals surface area contributed by atoms with Crippen molar-refractivity contribution < 1.29 is 14.3 Å². The van der Waals surface area contributed by atoms with Gasteiger partial charge in [0.1, 0.15) is 6.54 Å². The first kappa shape index (κ1) is 23.5. The molecular weight excluding hydrogens is 380 g/mol. The number of anilines is 1. The number of benzene rings is 1. The zero-order valence-corrected chi connectivity index (χ0v) is 18.8. The van der Waals surface area contributed by atoms with Crippen molar-refractivity contribution in [2.75, 3.05) is 38.7 Å². The second kappa shape index (κ2) is 11.4. The maximum absolute atomic E-state index is 13.1. The molecule has 0 unspecified atom stereocenters. The lowest BCUT2D eigenvalue weighted by Crippen LogP contribution is -2.45. The van der Waals surface area contributed by atoms with Crippen molar-refractivity contribution in [2.45, 2.75) is 33.7 Å². The Morgan fingerprint density at radius 3 is 2.33 bits per heavy atom. The first-order chi connectivity index (χ1) is 14.4. The Morgan fingerprint density at radius 1 is 1.07 bits per heavy atom. The second-order valence-electron chi connectivity index (χ2n) is 7.54. The van der Waals surface area contributed by atoms with E-state index < -0.39 is 0 Å². The third kappa shape index (κ3) is 6.35. The second-order valence-corrected chi connectivity index (χ2v) is 7.54. The van der Waals surface area contributed by atoms with E-state index in [4.69, 9.17) is 4.74 Å². The number of hydrogen-bond acceptors (Lipinski definition) is 3. The van der Waals surface area contributed by atoms with E-state index in [9.17, 15) is 9.59 Å². The molecule has 1 N–H and O–H groups in total. The van der Waals surface area contributed by atoms with Gasteiger partial charge in [-0.15, -0.1) is 0 Å². The van der Waals surface area contributed by atoms with Gasteiger partial charge in [-0.2, -0.15) is 0 Å². The summed E-state index contributed by atoms with van der Waals surface area (Å²) in [5.74, 6) is -0.0987. The van der Waals surface area contributed by atoms with Crippen LogP contribution in [0.4, 0.5) is 10.5 Å². The molecule has 0 bridgehead atoms. The molecule has 0 saturated heterocycles. The molecular formula is C23H34N4O3. The Bertz CT molecular complexity index is 826. The van der Waals surface area contributed by atoms with Crippen molar-refractivity contribution in [3.63, 3.8) is 0 Å². The maximum Gasteiger partial charge on any atom is 0.322 e. The number of rotatable bonds is 10. The third-order valence-electron chi connectivity index (χ3n) is 5.14. The Hall–Kier alpha value is -2.80. The first-order valence-electron chi connectivity index (χ1n) is 10.4. The van der Waals surface area contributed by atoms with Gasteiger partial charge in [-0.1, -0.05) is 25.1 Å². The van der Waals surface area contributed by atoms with Crippen molar-refractivity contribution in [3.8, 4) is 0 Å². The number of carbonyl (C=O) groups excluding carboxylic acids is 2. The van der Waals surface area contributed by atoms with Crippen molar-refractivity contribution in [3.05, 3.63) is 53.3 Å². The summed E-state index contributed by atoms with van der Waals surface area (Å²) in [6, 6.07) is 9.58. The van der Waals surface area contributed by atoms with Crippen LogP contribution in [0.25, 0.3) is 0 Å². The number of aromatic nitrogens is 1. The number of urea groups is 1. The van der Waals surface area contributed by atoms with Crippen LogP contribution in [0, 0.1) is 13.8 Å². The molecule has 0 atom stereocenters. The molecule has 30 heavy (non-hydrogen) atoms. The molecule has 0 aliphatic carbocycles. The highest BCUT2D eigenvalue weighted by atomic mass is 16.5. The fourth-order valence-corrected chi connectivity index (χ4v) is 3.33. The third-order valence-corrected chi connectivity index (χ3v) is 5.14. The Morgan fingerprint density at radius 2 is 1.77 bits per heavy atom. The van der Waals surface area contributed by atoms with Crippen molar-refractivity contribution in [1.82, 2.24) is 14.4 Å². The molecule has 0 aliphatic rings. The summed E-state index contributed by atoms with van der Waals surface area (Å²) in [5, 5.41) is 2.99. The Balaban J connectivity index is 2.12. The van der Waals surface area contributed by atoms with Gasteiger partial charge in [0.2, 0.25) is 5.91 Å². The molecule has 164 valence electrons. The van der Waals surface area contributed by atoms with E-state index >= 15 is 0 Å². The average Bonchev–Trinajstić information content (AvgIpc) is 3.12. The maximum atomic E-state index is 13.1. The summed E-state index contributed by atoms with van der Waals surface area (Å²) < 4.78 is 7.17. The van der Waals surface area contributed by atoms with Crippen LogP contribution in [0.5, 0.6) is 0 Å². The number of nitrogens with one attached hydrogen (secondary N) is 1. The van der Waals surface area contributed by atoms with Crippen LogP contribution in [0.15, 0.2) is 36.5 Å². The molecule has 7 nitrogen and oxygen atoms in total. The van der Waals surface area contributed by atoms with Gasteiger partial charge in [-0.25, -0.2) is 4.79 Å². The van der Waals surface area contributed by atoms with E-state index in [2.05, 4.69) is 5.32 Å². The lowest BCUT2D eigenvalue weighted by molar-refractivity contribution is -0.133. The number of aryl methyl sites for hydroxylation is 3. The molecule has 0 radical (unpaired) electrons. The number of hydrogen-bond donors (Lipinski definition) is 1. The number of ether oxygens (including phenoxy) is 1. The number of carbonyl (C=O) groups is 2. The van der Waals surface area contributed by atoms with Gasteiger partial charge in [0.25, 0.3) is 0 Å². The summed E-state index contributed by atoms with van der Waals surface area (Å²) in [4.78, 5) is 29.4. The molecule has 0 spiro atoms. The van der Waals surface area contributed by atoms with Crippen LogP contribution in [-0.4, -0.2) is 59.7 Å². The van der Waals surface area contributed by atoms with Crippen molar-refractivity contribution >= 4 is 17.6 Å². The highest BCUT2D eigenvalue weighted by Crippen LogP contribution is 2.20. The van der Waals surface area contributed by atoms with E-state index in [-0.39, 0.29) is 18.5 Å². The fourth-order valence-electron chi connectivity index (χ4n) is 3.33. The molecule has 1 aromatic carbocycles. The molecule has 2 aromatic rings. The van der Waals surface area contributed by atoms with Gasteiger partial charge in [-0.05, 0) is 43.5 Å². The fraction of sp³-hybridized carbons (Fsp3) is 0.478. The minimum absolute atomic E-state index is 0.0265. The van der Waals surface area contributed by atoms with E-state index in [0.29, 0.717) is 26.2 Å². The van der Waals surface area contributed by atoms with Crippen LogP contribution in [0.3, 0.4) is 0 Å². The van der Waals surface area contributed by atoms with E-state index in [0.717, 1.165) is 28.9 Å². The van der Waals surface area contributed by atoms with Gasteiger partial charge in [-0.3, -0.25) is 4.79 Å². The highest BCUT2D eigenvalue weighted by Gasteiger charge is 2.22. The van der Waals surface area contributed by atoms with Crippen LogP contribution in [0.1, 0.15) is 30.2 Å². The summed E-state index contributed by atoms with van der Waals surface area (Å²) in [6.45, 7) is 7.84. The molecule has 0 aliphatic heterocycles. The lowest BCUT2D eigenvalue weighted by atomic mass is 10.1. The van der Waals surface area contributed by atoms with Gasteiger partial charge < -0.3 is 24.4 Å². The molecule has 0 fully saturated rings. The highest BCUT2D eigenvalue weighted by molar-refractivity contribution is 5.93. The quantitative estimate of drug-likeness (QED) is 0.646. The molecule has 3 amide bonds. The predicted molar refractivity (Wildman–Crippen MR) is 120 cm³/mol. The van der Waals surface area contributed by atoms with E-state index in [1.54, 1.807) is 16.9 Å². The van der Waals surface area contributed by atoms with Gasteiger partial charge >= 0.3 is 6.03 Å².